The first-order chi connectivity index (χ1) is 9.09. The Morgan fingerprint density at radius 1 is 1.32 bits per heavy atom. The highest BCUT2D eigenvalue weighted by molar-refractivity contribution is 5.50. The number of hydrogen-bond acceptors (Lipinski definition) is 3. The molecule has 0 unspecified atom stereocenters. The van der Waals surface area contributed by atoms with Gasteiger partial charge in [-0.25, -0.2) is 0 Å². The smallest absolute Gasteiger partial charge is 0.0317 e. The Hall–Kier alpha value is -1.06. The summed E-state index contributed by atoms with van der Waals surface area (Å²) in [4.78, 5) is 4.89. The van der Waals surface area contributed by atoms with Crippen LogP contribution in [-0.4, -0.2) is 43.5 Å². The fourth-order valence-electron chi connectivity index (χ4n) is 3.42. The van der Waals surface area contributed by atoms with Crippen LogP contribution in [0, 0.1) is 0 Å². The van der Waals surface area contributed by atoms with Crippen molar-refractivity contribution in [2.45, 2.75) is 31.2 Å². The zero-order valence-electron chi connectivity index (χ0n) is 12.2. The summed E-state index contributed by atoms with van der Waals surface area (Å²) in [6, 6.07) is 6.53. The molecule has 1 heterocycles. The van der Waals surface area contributed by atoms with E-state index in [0.717, 1.165) is 12.2 Å². The zero-order chi connectivity index (χ0) is 13.5. The van der Waals surface area contributed by atoms with Crippen molar-refractivity contribution >= 4 is 5.69 Å². The molecule has 0 saturated heterocycles. The summed E-state index contributed by atoms with van der Waals surface area (Å²) in [5.41, 5.74) is 10.4. The largest absolute Gasteiger partial charge is 0.399 e. The van der Waals surface area contributed by atoms with E-state index < -0.39 is 0 Å². The van der Waals surface area contributed by atoms with Crippen LogP contribution in [0.1, 0.15) is 30.4 Å². The van der Waals surface area contributed by atoms with Gasteiger partial charge in [-0.15, -0.1) is 0 Å². The maximum absolute atomic E-state index is 5.95. The lowest BCUT2D eigenvalue weighted by atomic mass is 9.86. The summed E-state index contributed by atoms with van der Waals surface area (Å²) < 4.78 is 0. The third-order valence-electron chi connectivity index (χ3n) is 4.55. The number of hydrogen-bond donors (Lipinski definition) is 1. The van der Waals surface area contributed by atoms with E-state index in [1.54, 1.807) is 5.56 Å². The molecule has 1 spiro atoms. The summed E-state index contributed by atoms with van der Waals surface area (Å²) in [6.45, 7) is 4.70. The van der Waals surface area contributed by atoms with Crippen LogP contribution in [0.5, 0.6) is 0 Å². The maximum Gasteiger partial charge on any atom is 0.0317 e. The van der Waals surface area contributed by atoms with Gasteiger partial charge in [0.05, 0.1) is 0 Å². The minimum Gasteiger partial charge on any atom is -0.399 e. The molecule has 1 saturated carbocycles. The van der Waals surface area contributed by atoms with Crippen LogP contribution >= 0.6 is 0 Å². The number of benzene rings is 1. The molecule has 0 atom stereocenters. The second-order valence-electron chi connectivity index (χ2n) is 6.56. The Bertz CT molecular complexity index is 463. The zero-order valence-corrected chi connectivity index (χ0v) is 12.2. The second kappa shape index (κ2) is 4.80. The van der Waals surface area contributed by atoms with Crippen molar-refractivity contribution < 1.29 is 0 Å². The van der Waals surface area contributed by atoms with Gasteiger partial charge in [-0.1, -0.05) is 6.07 Å². The topological polar surface area (TPSA) is 32.5 Å². The molecule has 3 rings (SSSR count). The van der Waals surface area contributed by atoms with E-state index in [2.05, 4.69) is 42.1 Å². The van der Waals surface area contributed by atoms with Crippen LogP contribution in [0.25, 0.3) is 0 Å². The monoisotopic (exact) mass is 259 g/mol. The fourth-order valence-corrected chi connectivity index (χ4v) is 3.42. The molecule has 2 N–H and O–H groups in total. The van der Waals surface area contributed by atoms with E-state index in [9.17, 15) is 0 Å². The molecule has 3 heteroatoms. The van der Waals surface area contributed by atoms with E-state index in [1.807, 2.05) is 0 Å². The van der Waals surface area contributed by atoms with Gasteiger partial charge in [0.1, 0.15) is 0 Å². The van der Waals surface area contributed by atoms with Gasteiger partial charge in [0.2, 0.25) is 0 Å². The predicted molar refractivity (Wildman–Crippen MR) is 80.2 cm³/mol. The number of nitrogens with two attached hydrogens (primary N) is 1. The third kappa shape index (κ3) is 2.63. The lowest BCUT2D eigenvalue weighted by Crippen LogP contribution is -2.39. The maximum atomic E-state index is 5.95. The Balaban J connectivity index is 1.71. The summed E-state index contributed by atoms with van der Waals surface area (Å²) in [5, 5.41) is 0. The lowest BCUT2D eigenvalue weighted by Gasteiger charge is -2.35. The Labute approximate surface area is 116 Å². The Morgan fingerprint density at radius 3 is 2.79 bits per heavy atom. The highest BCUT2D eigenvalue weighted by Gasteiger charge is 2.48. The molecule has 1 aromatic carbocycles. The number of anilines is 1. The fraction of sp³-hybridized carbons (Fsp3) is 0.625. The summed E-state index contributed by atoms with van der Waals surface area (Å²) >= 11 is 0. The molecule has 2 aliphatic rings. The van der Waals surface area contributed by atoms with Gasteiger partial charge in [0, 0.05) is 24.2 Å². The van der Waals surface area contributed by atoms with Crippen molar-refractivity contribution in [3.63, 3.8) is 0 Å². The second-order valence-corrected chi connectivity index (χ2v) is 6.56. The van der Waals surface area contributed by atoms with Crippen molar-refractivity contribution in [1.29, 1.82) is 0 Å². The van der Waals surface area contributed by atoms with Crippen molar-refractivity contribution in [3.8, 4) is 0 Å². The lowest BCUT2D eigenvalue weighted by molar-refractivity contribution is 0.210. The van der Waals surface area contributed by atoms with Crippen LogP contribution < -0.4 is 5.73 Å². The third-order valence-corrected chi connectivity index (χ3v) is 4.55. The van der Waals surface area contributed by atoms with E-state index in [1.165, 1.54) is 44.5 Å². The SMILES string of the molecule is CN(C)CCCN1Cc2cc(N)ccc2C2(CC2)C1. The van der Waals surface area contributed by atoms with E-state index in [0.29, 0.717) is 5.41 Å². The molecule has 1 aliphatic heterocycles. The van der Waals surface area contributed by atoms with Gasteiger partial charge in [0.25, 0.3) is 0 Å². The normalized spacial score (nSPS) is 20.8. The highest BCUT2D eigenvalue weighted by Crippen LogP contribution is 2.52. The van der Waals surface area contributed by atoms with Crippen LogP contribution in [0.4, 0.5) is 5.69 Å². The molecule has 1 aliphatic carbocycles. The molecule has 1 fully saturated rings. The molecule has 19 heavy (non-hydrogen) atoms. The number of rotatable bonds is 4. The molecule has 3 nitrogen and oxygen atoms in total. The van der Waals surface area contributed by atoms with E-state index in [4.69, 9.17) is 5.73 Å². The molecule has 104 valence electrons. The number of nitrogens with zero attached hydrogens (tertiary/aromatic N) is 2. The molecular formula is C16H25N3. The van der Waals surface area contributed by atoms with Gasteiger partial charge in [0.15, 0.2) is 0 Å². The standard InChI is InChI=1S/C16H25N3/c1-18(2)8-3-9-19-11-13-10-14(17)4-5-15(13)16(12-19)6-7-16/h4-5,10H,3,6-9,11-12,17H2,1-2H3. The van der Waals surface area contributed by atoms with Crippen LogP contribution in [-0.2, 0) is 12.0 Å². The van der Waals surface area contributed by atoms with Gasteiger partial charge < -0.3 is 10.6 Å². The average molecular weight is 259 g/mol. The molecule has 1 aromatic rings. The quantitative estimate of drug-likeness (QED) is 0.840. The number of nitrogen functional groups attached to an aromatic ring is 1. The van der Waals surface area contributed by atoms with E-state index in [-0.39, 0.29) is 0 Å². The van der Waals surface area contributed by atoms with Crippen molar-refractivity contribution in [2.24, 2.45) is 0 Å². The minimum absolute atomic E-state index is 0.472. The highest BCUT2D eigenvalue weighted by atomic mass is 15.2. The van der Waals surface area contributed by atoms with E-state index >= 15 is 0 Å². The molecular weight excluding hydrogens is 234 g/mol. The van der Waals surface area contributed by atoms with Crippen LogP contribution in [0.15, 0.2) is 18.2 Å². The molecule has 0 aromatic heterocycles. The average Bonchev–Trinajstić information content (AvgIpc) is 3.08. The molecule has 0 radical (unpaired) electrons. The van der Waals surface area contributed by atoms with Gasteiger partial charge in [-0.2, -0.15) is 0 Å². The molecule has 0 amide bonds. The molecule has 0 bridgehead atoms. The number of fused-ring (bicyclic) bond motifs is 2. The van der Waals surface area contributed by atoms with Crippen LogP contribution in [0.3, 0.4) is 0 Å². The Kier molecular flexibility index (Phi) is 3.27. The predicted octanol–water partition coefficient (Wildman–Crippen LogP) is 2.07. The first-order valence-electron chi connectivity index (χ1n) is 7.35. The minimum atomic E-state index is 0.472. The van der Waals surface area contributed by atoms with Crippen molar-refractivity contribution in [1.82, 2.24) is 9.80 Å². The van der Waals surface area contributed by atoms with Crippen LogP contribution in [0.2, 0.25) is 0 Å². The van der Waals surface area contributed by atoms with Crippen molar-refractivity contribution in [2.75, 3.05) is 39.5 Å². The van der Waals surface area contributed by atoms with Crippen molar-refractivity contribution in [3.05, 3.63) is 29.3 Å². The van der Waals surface area contributed by atoms with Gasteiger partial charge >= 0.3 is 0 Å². The summed E-state index contributed by atoms with van der Waals surface area (Å²) in [5.74, 6) is 0. The first kappa shape index (κ1) is 12.9. The first-order valence-corrected chi connectivity index (χ1v) is 7.35. The summed E-state index contributed by atoms with van der Waals surface area (Å²) in [6.07, 6.45) is 3.96. The summed E-state index contributed by atoms with van der Waals surface area (Å²) in [7, 11) is 4.29. The van der Waals surface area contributed by atoms with Gasteiger partial charge in [-0.3, -0.25) is 4.90 Å². The Morgan fingerprint density at radius 2 is 2.11 bits per heavy atom. The van der Waals surface area contributed by atoms with Gasteiger partial charge in [-0.05, 0) is 69.7 Å².